The number of carbonyl (C=O) groups is 3. The molecule has 1 aliphatic heterocycles. The molecule has 0 spiro atoms. The molecule has 2 aliphatic rings. The molecule has 2 atom stereocenters. The second-order valence-corrected chi connectivity index (χ2v) is 11.8. The minimum atomic E-state index is -0.636. The third-order valence-corrected chi connectivity index (χ3v) is 8.94. The maximum atomic E-state index is 15.3. The van der Waals surface area contributed by atoms with Crippen molar-refractivity contribution in [2.45, 2.75) is 56.8 Å². The fourth-order valence-electron chi connectivity index (χ4n) is 6.18. The SMILES string of the molecule is COC(=O)C1CCC(OC[C@@H]2C[C@H](OC)CN2C(=O)Cc2cc(Cl)c(NC(=O)c3cn(C)c4ccccc34)cc2F)CC1. The van der Waals surface area contributed by atoms with Gasteiger partial charge >= 0.3 is 5.97 Å². The molecule has 230 valence electrons. The summed E-state index contributed by atoms with van der Waals surface area (Å²) in [4.78, 5) is 40.0. The molecule has 5 rings (SSSR count). The van der Waals surface area contributed by atoms with E-state index >= 15 is 4.39 Å². The van der Waals surface area contributed by atoms with Crippen LogP contribution in [0.1, 0.15) is 48.0 Å². The molecular formula is C32H37ClFN3O6. The van der Waals surface area contributed by atoms with E-state index in [9.17, 15) is 14.4 Å². The zero-order valence-electron chi connectivity index (χ0n) is 24.6. The maximum absolute atomic E-state index is 15.3. The van der Waals surface area contributed by atoms with Gasteiger partial charge in [-0.05, 0) is 55.9 Å². The molecule has 0 unspecified atom stereocenters. The number of para-hydroxylation sites is 1. The number of likely N-dealkylation sites (tertiary alicyclic amines) is 1. The highest BCUT2D eigenvalue weighted by Crippen LogP contribution is 2.31. The molecule has 9 nitrogen and oxygen atoms in total. The normalized spacial score (nSPS) is 22.1. The standard InChI is InChI=1S/C32H37ClFN3O6/c1-36-17-25(24-6-4-5-7-29(24)36)31(39)35-28-15-27(34)20(12-26(28)33)13-30(38)37-16-23(41-2)14-21(37)18-43-22-10-8-19(9-11-22)32(40)42-3/h4-7,12,15,17,19,21-23H,8-11,13-14,16,18H2,1-3H3,(H,35,39)/t19?,21-,22?,23-/m0/s1. The Morgan fingerprint density at radius 3 is 2.53 bits per heavy atom. The van der Waals surface area contributed by atoms with Gasteiger partial charge in [-0.25, -0.2) is 4.39 Å². The predicted octanol–water partition coefficient (Wildman–Crippen LogP) is 5.13. The summed E-state index contributed by atoms with van der Waals surface area (Å²) in [6, 6.07) is 9.83. The number of esters is 1. The van der Waals surface area contributed by atoms with Crippen molar-refractivity contribution < 1.29 is 33.0 Å². The zero-order valence-corrected chi connectivity index (χ0v) is 25.4. The summed E-state index contributed by atoms with van der Waals surface area (Å²) in [5.74, 6) is -1.58. The maximum Gasteiger partial charge on any atom is 0.308 e. The summed E-state index contributed by atoms with van der Waals surface area (Å²) < 4.78 is 33.7. The van der Waals surface area contributed by atoms with E-state index in [0.717, 1.165) is 29.8 Å². The van der Waals surface area contributed by atoms with Gasteiger partial charge in [0.2, 0.25) is 5.91 Å². The van der Waals surface area contributed by atoms with Gasteiger partial charge < -0.3 is 29.0 Å². The van der Waals surface area contributed by atoms with Crippen LogP contribution < -0.4 is 5.32 Å². The Balaban J connectivity index is 1.22. The van der Waals surface area contributed by atoms with Gasteiger partial charge in [-0.15, -0.1) is 0 Å². The topological polar surface area (TPSA) is 99.1 Å². The summed E-state index contributed by atoms with van der Waals surface area (Å²) in [6.07, 6.45) is 4.92. The average molecular weight is 614 g/mol. The van der Waals surface area contributed by atoms with Gasteiger partial charge in [-0.3, -0.25) is 14.4 Å². The number of anilines is 1. The highest BCUT2D eigenvalue weighted by Gasteiger charge is 2.37. The van der Waals surface area contributed by atoms with Gasteiger partial charge in [0.25, 0.3) is 5.91 Å². The highest BCUT2D eigenvalue weighted by atomic mass is 35.5. The van der Waals surface area contributed by atoms with Crippen molar-refractivity contribution in [3.8, 4) is 0 Å². The van der Waals surface area contributed by atoms with Crippen molar-refractivity contribution in [1.82, 2.24) is 9.47 Å². The lowest BCUT2D eigenvalue weighted by Crippen LogP contribution is -2.40. The number of aryl methyl sites for hydroxylation is 1. The average Bonchev–Trinajstić information content (AvgIpc) is 3.59. The van der Waals surface area contributed by atoms with Crippen LogP contribution in [-0.2, 0) is 37.3 Å². The number of halogens is 2. The largest absolute Gasteiger partial charge is 0.469 e. The van der Waals surface area contributed by atoms with Gasteiger partial charge in [-0.1, -0.05) is 29.8 Å². The van der Waals surface area contributed by atoms with E-state index in [1.807, 2.05) is 35.9 Å². The lowest BCUT2D eigenvalue weighted by molar-refractivity contribution is -0.148. The lowest BCUT2D eigenvalue weighted by atomic mass is 9.87. The van der Waals surface area contributed by atoms with E-state index in [1.54, 1.807) is 18.2 Å². The molecule has 2 aromatic carbocycles. The van der Waals surface area contributed by atoms with Gasteiger partial charge in [0.1, 0.15) is 5.82 Å². The Morgan fingerprint density at radius 2 is 1.81 bits per heavy atom. The number of hydrogen-bond acceptors (Lipinski definition) is 6. The summed E-state index contributed by atoms with van der Waals surface area (Å²) in [5.41, 5.74) is 1.60. The van der Waals surface area contributed by atoms with Crippen LogP contribution in [0.4, 0.5) is 10.1 Å². The minimum Gasteiger partial charge on any atom is -0.469 e. The third kappa shape index (κ3) is 6.87. The van der Waals surface area contributed by atoms with E-state index in [1.165, 1.54) is 13.2 Å². The minimum absolute atomic E-state index is 0.00679. The van der Waals surface area contributed by atoms with Crippen LogP contribution in [0.15, 0.2) is 42.6 Å². The number of amides is 2. The van der Waals surface area contributed by atoms with Crippen molar-refractivity contribution in [2.24, 2.45) is 13.0 Å². The van der Waals surface area contributed by atoms with E-state index in [2.05, 4.69) is 5.32 Å². The van der Waals surface area contributed by atoms with Crippen molar-refractivity contribution >= 4 is 46.0 Å². The Hall–Kier alpha value is -3.47. The number of carbonyl (C=O) groups excluding carboxylic acids is 3. The van der Waals surface area contributed by atoms with E-state index < -0.39 is 11.7 Å². The number of nitrogens with one attached hydrogen (secondary N) is 1. The summed E-state index contributed by atoms with van der Waals surface area (Å²) in [7, 11) is 4.86. The van der Waals surface area contributed by atoms with Crippen molar-refractivity contribution in [3.63, 3.8) is 0 Å². The molecule has 1 aliphatic carbocycles. The van der Waals surface area contributed by atoms with E-state index in [-0.39, 0.29) is 58.7 Å². The Labute approximate surface area is 255 Å². The summed E-state index contributed by atoms with van der Waals surface area (Å²) >= 11 is 6.47. The number of hydrogen-bond donors (Lipinski definition) is 1. The van der Waals surface area contributed by atoms with Gasteiger partial charge in [0.15, 0.2) is 0 Å². The van der Waals surface area contributed by atoms with Crippen LogP contribution in [0.25, 0.3) is 10.9 Å². The smallest absolute Gasteiger partial charge is 0.308 e. The summed E-state index contributed by atoms with van der Waals surface area (Å²) in [6.45, 7) is 0.717. The Bertz CT molecular complexity index is 1500. The number of benzene rings is 2. The van der Waals surface area contributed by atoms with Gasteiger partial charge in [-0.2, -0.15) is 0 Å². The molecule has 2 fully saturated rings. The van der Waals surface area contributed by atoms with Gasteiger partial charge in [0.05, 0.1) is 60.6 Å². The molecule has 11 heteroatoms. The number of fused-ring (bicyclic) bond motifs is 1. The first kappa shape index (κ1) is 31.0. The molecule has 2 amide bonds. The molecule has 1 saturated heterocycles. The second kappa shape index (κ2) is 13.4. The molecule has 0 radical (unpaired) electrons. The van der Waals surface area contributed by atoms with E-state index in [4.69, 9.17) is 25.8 Å². The number of methoxy groups -OCH3 is 2. The monoisotopic (exact) mass is 613 g/mol. The highest BCUT2D eigenvalue weighted by molar-refractivity contribution is 6.34. The fraction of sp³-hybridized carbons (Fsp3) is 0.469. The summed E-state index contributed by atoms with van der Waals surface area (Å²) in [5, 5.41) is 3.62. The van der Waals surface area contributed by atoms with Crippen molar-refractivity contribution in [1.29, 1.82) is 0 Å². The van der Waals surface area contributed by atoms with Crippen LogP contribution >= 0.6 is 11.6 Å². The Kier molecular flexibility index (Phi) is 9.68. The molecule has 0 bridgehead atoms. The first-order valence-corrected chi connectivity index (χ1v) is 14.9. The second-order valence-electron chi connectivity index (χ2n) is 11.3. The van der Waals surface area contributed by atoms with Gasteiger partial charge in [0, 0.05) is 37.8 Å². The fourth-order valence-corrected chi connectivity index (χ4v) is 6.42. The molecule has 3 aromatic rings. The number of aromatic nitrogens is 1. The van der Waals surface area contributed by atoms with Crippen LogP contribution in [0.5, 0.6) is 0 Å². The van der Waals surface area contributed by atoms with Crippen LogP contribution in [0.2, 0.25) is 5.02 Å². The number of rotatable bonds is 9. The predicted molar refractivity (Wildman–Crippen MR) is 161 cm³/mol. The van der Waals surface area contributed by atoms with Crippen LogP contribution in [-0.4, -0.2) is 72.9 Å². The van der Waals surface area contributed by atoms with Crippen LogP contribution in [0.3, 0.4) is 0 Å². The van der Waals surface area contributed by atoms with Crippen molar-refractivity contribution in [3.05, 3.63) is 64.6 Å². The number of nitrogens with zero attached hydrogens (tertiary/aromatic N) is 2. The molecular weight excluding hydrogens is 577 g/mol. The third-order valence-electron chi connectivity index (χ3n) is 8.63. The molecule has 1 saturated carbocycles. The Morgan fingerprint density at radius 1 is 1.07 bits per heavy atom. The molecule has 1 N–H and O–H groups in total. The molecule has 2 heterocycles. The quantitative estimate of drug-likeness (QED) is 0.336. The van der Waals surface area contributed by atoms with Crippen LogP contribution in [0, 0.1) is 11.7 Å². The lowest BCUT2D eigenvalue weighted by Gasteiger charge is -2.30. The van der Waals surface area contributed by atoms with E-state index in [0.29, 0.717) is 38.0 Å². The van der Waals surface area contributed by atoms with Crippen molar-refractivity contribution in [2.75, 3.05) is 32.7 Å². The zero-order chi connectivity index (χ0) is 30.7. The molecule has 1 aromatic heterocycles. The first-order valence-electron chi connectivity index (χ1n) is 14.5. The first-order chi connectivity index (χ1) is 20.7. The molecule has 43 heavy (non-hydrogen) atoms. The number of ether oxygens (including phenoxy) is 3.